The molecule has 0 radical (unpaired) electrons. The van der Waals surface area contributed by atoms with Crippen molar-refractivity contribution in [3.05, 3.63) is 59.1 Å². The molecule has 2 aromatic heterocycles. The van der Waals surface area contributed by atoms with Gasteiger partial charge in [0.1, 0.15) is 10.9 Å². The third-order valence-corrected chi connectivity index (χ3v) is 7.24. The third kappa shape index (κ3) is 3.95. The smallest absolute Gasteiger partial charge is 0.404 e. The molecule has 31 heavy (non-hydrogen) atoms. The molecule has 2 amide bonds. The molecular formula is C23H24N4O3S. The number of carbonyl (C=O) groups is 2. The highest BCUT2D eigenvalue weighted by atomic mass is 32.1. The summed E-state index contributed by atoms with van der Waals surface area (Å²) >= 11 is 1.64. The molecule has 3 atom stereocenters. The number of hydrogen-bond donors (Lipinski definition) is 2. The van der Waals surface area contributed by atoms with Crippen molar-refractivity contribution in [3.63, 3.8) is 0 Å². The average molecular weight is 437 g/mol. The van der Waals surface area contributed by atoms with E-state index in [-0.39, 0.29) is 17.9 Å². The van der Waals surface area contributed by atoms with Gasteiger partial charge < -0.3 is 20.7 Å². The van der Waals surface area contributed by atoms with Crippen LogP contribution in [0.15, 0.2) is 48.0 Å². The first-order valence-corrected chi connectivity index (χ1v) is 11.4. The lowest BCUT2D eigenvalue weighted by atomic mass is 9.99. The lowest BCUT2D eigenvalue weighted by Crippen LogP contribution is -2.33. The molecule has 3 unspecified atom stereocenters. The predicted molar refractivity (Wildman–Crippen MR) is 120 cm³/mol. The number of amides is 2. The average Bonchev–Trinajstić information content (AvgIpc) is 3.49. The van der Waals surface area contributed by atoms with Gasteiger partial charge in [0, 0.05) is 48.4 Å². The van der Waals surface area contributed by atoms with Crippen LogP contribution < -0.4 is 11.1 Å². The minimum absolute atomic E-state index is 0.0212. The zero-order chi connectivity index (χ0) is 21.4. The van der Waals surface area contributed by atoms with Crippen molar-refractivity contribution in [3.8, 4) is 0 Å². The first-order valence-electron chi connectivity index (χ1n) is 10.5. The molecule has 1 saturated carbocycles. The van der Waals surface area contributed by atoms with E-state index in [0.717, 1.165) is 23.4 Å². The lowest BCUT2D eigenvalue weighted by molar-refractivity contribution is 0.0695. The molecule has 1 aliphatic carbocycles. The number of rotatable bonds is 5. The number of pyridine rings is 1. The number of hydrogen-bond acceptors (Lipinski definition) is 6. The summed E-state index contributed by atoms with van der Waals surface area (Å²) in [5, 5.41) is 6.65. The van der Waals surface area contributed by atoms with Crippen LogP contribution in [0.3, 0.4) is 0 Å². The van der Waals surface area contributed by atoms with Crippen molar-refractivity contribution in [1.82, 2.24) is 9.88 Å². The van der Waals surface area contributed by atoms with E-state index in [4.69, 9.17) is 10.5 Å². The van der Waals surface area contributed by atoms with Gasteiger partial charge in [-0.25, -0.2) is 9.78 Å². The highest BCUT2D eigenvalue weighted by Crippen LogP contribution is 2.40. The number of aromatic nitrogens is 1. The summed E-state index contributed by atoms with van der Waals surface area (Å²) in [4.78, 5) is 31.4. The minimum Gasteiger partial charge on any atom is -0.446 e. The van der Waals surface area contributed by atoms with E-state index in [9.17, 15) is 9.59 Å². The predicted octanol–water partition coefficient (Wildman–Crippen LogP) is 3.85. The lowest BCUT2D eigenvalue weighted by Gasteiger charge is -2.20. The number of nitrogens with two attached hydrogens (primary N) is 1. The second kappa shape index (κ2) is 8.19. The molecule has 7 nitrogen and oxygen atoms in total. The van der Waals surface area contributed by atoms with Crippen LogP contribution in [0.4, 0.5) is 10.5 Å². The summed E-state index contributed by atoms with van der Waals surface area (Å²) in [5.74, 6) is 0.586. The molecule has 1 saturated heterocycles. The van der Waals surface area contributed by atoms with Crippen LogP contribution in [-0.2, 0) is 11.3 Å². The molecule has 1 aliphatic heterocycles. The number of nitrogens with one attached hydrogen (secondary N) is 1. The van der Waals surface area contributed by atoms with Gasteiger partial charge in [-0.2, -0.15) is 0 Å². The van der Waals surface area contributed by atoms with Crippen molar-refractivity contribution in [2.45, 2.75) is 25.5 Å². The van der Waals surface area contributed by atoms with Crippen molar-refractivity contribution in [1.29, 1.82) is 0 Å². The van der Waals surface area contributed by atoms with Gasteiger partial charge in [0.2, 0.25) is 0 Å². The van der Waals surface area contributed by atoms with Crippen LogP contribution in [0.2, 0.25) is 0 Å². The molecular weight excluding hydrogens is 412 g/mol. The topological polar surface area (TPSA) is 97.6 Å². The standard InChI is InChI=1S/C23H24N4O3S/c24-23(29)30-20-6-3-16-12-27(13-19(16)20)22(28)14-1-4-17(5-2-14)26-11-15-7-9-25-21-18(15)8-10-31-21/h1-2,4-5,7-10,16,19-20,26H,3,6,11-13H2,(H2,24,29). The largest absolute Gasteiger partial charge is 0.446 e. The van der Waals surface area contributed by atoms with Crippen LogP contribution in [0, 0.1) is 11.8 Å². The normalized spacial score (nSPS) is 22.5. The Kier molecular flexibility index (Phi) is 5.23. The number of fused-ring (bicyclic) bond motifs is 2. The van der Waals surface area contributed by atoms with E-state index in [1.165, 1.54) is 10.9 Å². The van der Waals surface area contributed by atoms with Crippen LogP contribution in [-0.4, -0.2) is 41.1 Å². The molecule has 3 aromatic rings. The molecule has 3 N–H and O–H groups in total. The van der Waals surface area contributed by atoms with Crippen LogP contribution in [0.1, 0.15) is 28.8 Å². The Balaban J connectivity index is 1.21. The molecule has 160 valence electrons. The second-order valence-electron chi connectivity index (χ2n) is 8.23. The molecule has 3 heterocycles. The number of thiophene rings is 1. The van der Waals surface area contributed by atoms with Gasteiger partial charge in [0.05, 0.1) is 0 Å². The summed E-state index contributed by atoms with van der Waals surface area (Å²) in [5.41, 5.74) is 8.02. The van der Waals surface area contributed by atoms with Crippen molar-refractivity contribution in [2.75, 3.05) is 18.4 Å². The highest BCUT2D eigenvalue weighted by molar-refractivity contribution is 7.16. The molecule has 2 aliphatic rings. The van der Waals surface area contributed by atoms with Gasteiger partial charge in [-0.1, -0.05) is 0 Å². The number of nitrogens with zero attached hydrogens (tertiary/aromatic N) is 2. The first kappa shape index (κ1) is 19.8. The third-order valence-electron chi connectivity index (χ3n) is 6.42. The molecule has 0 spiro atoms. The first-order chi connectivity index (χ1) is 15.1. The summed E-state index contributed by atoms with van der Waals surface area (Å²) in [6, 6.07) is 11.7. The zero-order valence-electron chi connectivity index (χ0n) is 17.0. The number of carbonyl (C=O) groups excluding carboxylic acids is 2. The fourth-order valence-electron chi connectivity index (χ4n) is 4.87. The SMILES string of the molecule is NC(=O)OC1CCC2CN(C(=O)c3ccc(NCc4ccnc5sccc45)cc3)CC21. The molecule has 2 fully saturated rings. The second-order valence-corrected chi connectivity index (χ2v) is 9.12. The Morgan fingerprint density at radius 3 is 2.81 bits per heavy atom. The maximum Gasteiger partial charge on any atom is 0.404 e. The van der Waals surface area contributed by atoms with E-state index >= 15 is 0 Å². The van der Waals surface area contributed by atoms with E-state index < -0.39 is 6.09 Å². The Labute approximate surface area is 184 Å². The quantitative estimate of drug-likeness (QED) is 0.633. The summed E-state index contributed by atoms with van der Waals surface area (Å²) < 4.78 is 5.25. The Morgan fingerprint density at radius 2 is 2.00 bits per heavy atom. The summed E-state index contributed by atoms with van der Waals surface area (Å²) in [6.45, 7) is 2.01. The van der Waals surface area contributed by atoms with E-state index in [0.29, 0.717) is 31.1 Å². The number of ether oxygens (including phenoxy) is 1. The molecule has 0 bridgehead atoms. The fraction of sp³-hybridized carbons (Fsp3) is 0.348. The van der Waals surface area contributed by atoms with Gasteiger partial charge in [-0.05, 0) is 66.1 Å². The fourth-order valence-corrected chi connectivity index (χ4v) is 5.65. The summed E-state index contributed by atoms with van der Waals surface area (Å²) in [6.07, 6.45) is 2.72. The number of benzene rings is 1. The van der Waals surface area contributed by atoms with E-state index in [2.05, 4.69) is 21.7 Å². The maximum absolute atomic E-state index is 13.0. The van der Waals surface area contributed by atoms with Gasteiger partial charge in [0.25, 0.3) is 5.91 Å². The van der Waals surface area contributed by atoms with E-state index in [1.807, 2.05) is 41.4 Å². The van der Waals surface area contributed by atoms with Crippen LogP contribution in [0.25, 0.3) is 10.2 Å². The van der Waals surface area contributed by atoms with E-state index in [1.54, 1.807) is 11.3 Å². The highest BCUT2D eigenvalue weighted by Gasteiger charge is 2.45. The van der Waals surface area contributed by atoms with Crippen molar-refractivity contribution >= 4 is 39.2 Å². The monoisotopic (exact) mass is 436 g/mol. The number of primary amides is 1. The maximum atomic E-state index is 13.0. The minimum atomic E-state index is -0.731. The van der Waals surface area contributed by atoms with Gasteiger partial charge in [0.15, 0.2) is 0 Å². The Bertz CT molecular complexity index is 1110. The zero-order valence-corrected chi connectivity index (χ0v) is 17.8. The Hall–Kier alpha value is -3.13. The molecule has 5 rings (SSSR count). The van der Waals surface area contributed by atoms with Crippen molar-refractivity contribution in [2.24, 2.45) is 17.6 Å². The Morgan fingerprint density at radius 1 is 1.16 bits per heavy atom. The van der Waals surface area contributed by atoms with Crippen LogP contribution in [0.5, 0.6) is 0 Å². The van der Waals surface area contributed by atoms with Gasteiger partial charge >= 0.3 is 6.09 Å². The number of anilines is 1. The van der Waals surface area contributed by atoms with Crippen LogP contribution >= 0.6 is 11.3 Å². The van der Waals surface area contributed by atoms with Gasteiger partial charge in [-0.15, -0.1) is 11.3 Å². The number of likely N-dealkylation sites (tertiary alicyclic amines) is 1. The van der Waals surface area contributed by atoms with Gasteiger partial charge in [-0.3, -0.25) is 4.79 Å². The van der Waals surface area contributed by atoms with Crippen molar-refractivity contribution < 1.29 is 14.3 Å². The summed E-state index contributed by atoms with van der Waals surface area (Å²) in [7, 11) is 0. The molecule has 1 aromatic carbocycles. The molecule has 8 heteroatoms.